The molecule has 6 heteroatoms. The maximum Gasteiger partial charge on any atom is 0.332 e. The first kappa shape index (κ1) is 15.1. The van der Waals surface area contributed by atoms with E-state index in [1.165, 1.54) is 36.1 Å². The van der Waals surface area contributed by atoms with Crippen molar-refractivity contribution in [3.63, 3.8) is 0 Å². The number of carboxylic acid groups (broad SMARTS) is 1. The van der Waals surface area contributed by atoms with E-state index in [9.17, 15) is 14.0 Å². The third-order valence-electron chi connectivity index (χ3n) is 2.56. The molecule has 0 fully saturated rings. The topological polar surface area (TPSA) is 66.8 Å². The van der Waals surface area contributed by atoms with Crippen molar-refractivity contribution in [2.45, 2.75) is 20.0 Å². The van der Waals surface area contributed by atoms with Crippen LogP contribution in [0.4, 0.5) is 10.1 Å². The molecule has 1 atom stereocenters. The predicted molar refractivity (Wildman–Crippen MR) is 67.5 cm³/mol. The van der Waals surface area contributed by atoms with E-state index in [0.29, 0.717) is 12.2 Å². The molecule has 0 bridgehead atoms. The molecule has 0 aliphatic rings. The zero-order chi connectivity index (χ0) is 14.4. The van der Waals surface area contributed by atoms with Crippen LogP contribution in [0.1, 0.15) is 13.8 Å². The van der Waals surface area contributed by atoms with Crippen LogP contribution >= 0.6 is 0 Å². The zero-order valence-corrected chi connectivity index (χ0v) is 10.8. The van der Waals surface area contributed by atoms with Crippen molar-refractivity contribution in [1.82, 2.24) is 0 Å². The van der Waals surface area contributed by atoms with Crippen molar-refractivity contribution in [1.29, 1.82) is 0 Å². The highest BCUT2D eigenvalue weighted by Gasteiger charge is 2.18. The lowest BCUT2D eigenvalue weighted by Gasteiger charge is -2.21. The Morgan fingerprint density at radius 1 is 1.37 bits per heavy atom. The van der Waals surface area contributed by atoms with E-state index in [2.05, 4.69) is 0 Å². The third kappa shape index (κ3) is 4.33. The fourth-order valence-corrected chi connectivity index (χ4v) is 1.47. The first-order chi connectivity index (χ1) is 8.95. The van der Waals surface area contributed by atoms with Crippen molar-refractivity contribution >= 4 is 17.6 Å². The standard InChI is InChI=1S/C13H16FNO4/c1-3-15(11-6-4-10(14)5-7-11)12(16)8-19-9(2)13(17)18/h4-7,9H,3,8H2,1-2H3,(H,17,18)/t9-/m1/s1. The van der Waals surface area contributed by atoms with Gasteiger partial charge in [-0.3, -0.25) is 4.79 Å². The highest BCUT2D eigenvalue weighted by atomic mass is 19.1. The molecule has 1 rings (SSSR count). The Kier molecular flexibility index (Phi) is 5.44. The summed E-state index contributed by atoms with van der Waals surface area (Å²) in [6.07, 6.45) is -1.05. The maximum atomic E-state index is 12.8. The average Bonchev–Trinajstić information content (AvgIpc) is 2.38. The summed E-state index contributed by atoms with van der Waals surface area (Å²) in [6, 6.07) is 5.48. The third-order valence-corrected chi connectivity index (χ3v) is 2.56. The van der Waals surface area contributed by atoms with Crippen LogP contribution in [0, 0.1) is 5.82 Å². The van der Waals surface area contributed by atoms with Crippen LogP contribution in [0.2, 0.25) is 0 Å². The van der Waals surface area contributed by atoms with E-state index in [1.54, 1.807) is 6.92 Å². The molecule has 0 unspecified atom stereocenters. The molecule has 5 nitrogen and oxygen atoms in total. The molecule has 0 saturated heterocycles. The van der Waals surface area contributed by atoms with Crippen molar-refractivity contribution in [3.05, 3.63) is 30.1 Å². The smallest absolute Gasteiger partial charge is 0.332 e. The number of aliphatic carboxylic acids is 1. The van der Waals surface area contributed by atoms with E-state index in [0.717, 1.165) is 0 Å². The number of hydrogen-bond donors (Lipinski definition) is 1. The summed E-state index contributed by atoms with van der Waals surface area (Å²) in [5.41, 5.74) is 0.542. The van der Waals surface area contributed by atoms with E-state index >= 15 is 0 Å². The molecule has 0 aliphatic heterocycles. The van der Waals surface area contributed by atoms with Gasteiger partial charge in [0.25, 0.3) is 5.91 Å². The Morgan fingerprint density at radius 2 is 1.95 bits per heavy atom. The maximum absolute atomic E-state index is 12.8. The summed E-state index contributed by atoms with van der Waals surface area (Å²) in [4.78, 5) is 23.9. The second-order valence-electron chi connectivity index (χ2n) is 3.91. The Hall–Kier alpha value is -1.95. The molecule has 19 heavy (non-hydrogen) atoms. The second-order valence-corrected chi connectivity index (χ2v) is 3.91. The van der Waals surface area contributed by atoms with Gasteiger partial charge in [-0.2, -0.15) is 0 Å². The lowest BCUT2D eigenvalue weighted by Crippen LogP contribution is -2.35. The number of hydrogen-bond acceptors (Lipinski definition) is 3. The molecule has 1 aromatic carbocycles. The number of carboxylic acids is 1. The van der Waals surface area contributed by atoms with Gasteiger partial charge in [-0.15, -0.1) is 0 Å². The van der Waals surface area contributed by atoms with Crippen LogP contribution in [-0.2, 0) is 14.3 Å². The van der Waals surface area contributed by atoms with Gasteiger partial charge in [-0.1, -0.05) is 0 Å². The van der Waals surface area contributed by atoms with Crippen LogP contribution in [0.5, 0.6) is 0 Å². The van der Waals surface area contributed by atoms with E-state index in [-0.39, 0.29) is 18.3 Å². The molecule has 0 radical (unpaired) electrons. The highest BCUT2D eigenvalue weighted by molar-refractivity contribution is 5.94. The SMILES string of the molecule is CCN(C(=O)CO[C@H](C)C(=O)O)c1ccc(F)cc1. The van der Waals surface area contributed by atoms with Gasteiger partial charge in [0.15, 0.2) is 6.10 Å². The molecular weight excluding hydrogens is 253 g/mol. The summed E-state index contributed by atoms with van der Waals surface area (Å²) in [5, 5.41) is 8.65. The number of carbonyl (C=O) groups is 2. The minimum atomic E-state index is -1.13. The first-order valence-corrected chi connectivity index (χ1v) is 5.86. The lowest BCUT2D eigenvalue weighted by molar-refractivity contribution is -0.150. The summed E-state index contributed by atoms with van der Waals surface area (Å²) >= 11 is 0. The van der Waals surface area contributed by atoms with Crippen LogP contribution < -0.4 is 4.90 Å². The number of carbonyl (C=O) groups excluding carboxylic acids is 1. The lowest BCUT2D eigenvalue weighted by atomic mass is 10.2. The van der Waals surface area contributed by atoms with Crippen molar-refractivity contribution in [3.8, 4) is 0 Å². The van der Waals surface area contributed by atoms with Gasteiger partial charge >= 0.3 is 5.97 Å². The Labute approximate surface area is 110 Å². The predicted octanol–water partition coefficient (Wildman–Crippen LogP) is 1.67. The Morgan fingerprint density at radius 3 is 2.42 bits per heavy atom. The Bertz CT molecular complexity index is 446. The molecule has 104 valence electrons. The van der Waals surface area contributed by atoms with Crippen molar-refractivity contribution in [2.24, 2.45) is 0 Å². The minimum Gasteiger partial charge on any atom is -0.479 e. The van der Waals surface area contributed by atoms with Gasteiger partial charge in [0.05, 0.1) is 0 Å². The second kappa shape index (κ2) is 6.84. The molecule has 1 N–H and O–H groups in total. The van der Waals surface area contributed by atoms with Crippen LogP contribution in [0.15, 0.2) is 24.3 Å². The normalized spacial score (nSPS) is 11.9. The van der Waals surface area contributed by atoms with Crippen LogP contribution in [0.3, 0.4) is 0 Å². The number of likely N-dealkylation sites (N-methyl/N-ethyl adjacent to an activating group) is 1. The monoisotopic (exact) mass is 269 g/mol. The molecule has 0 aliphatic carbocycles. The van der Waals surface area contributed by atoms with E-state index in [1.807, 2.05) is 0 Å². The number of rotatable bonds is 6. The van der Waals surface area contributed by atoms with Gasteiger partial charge in [0.1, 0.15) is 12.4 Å². The van der Waals surface area contributed by atoms with Crippen LogP contribution in [-0.4, -0.2) is 36.2 Å². The number of ether oxygens (including phenoxy) is 1. The summed E-state index contributed by atoms with van der Waals surface area (Å²) < 4.78 is 17.7. The molecule has 1 amide bonds. The molecular formula is C13H16FNO4. The van der Waals surface area contributed by atoms with Gasteiger partial charge in [0, 0.05) is 12.2 Å². The molecule has 0 spiro atoms. The fourth-order valence-electron chi connectivity index (χ4n) is 1.47. The molecule has 0 heterocycles. The number of benzene rings is 1. The van der Waals surface area contributed by atoms with E-state index in [4.69, 9.17) is 9.84 Å². The molecule has 0 aromatic heterocycles. The van der Waals surface area contributed by atoms with Crippen molar-refractivity contribution in [2.75, 3.05) is 18.1 Å². The number of halogens is 1. The largest absolute Gasteiger partial charge is 0.479 e. The van der Waals surface area contributed by atoms with Gasteiger partial charge in [-0.25, -0.2) is 9.18 Å². The number of amides is 1. The van der Waals surface area contributed by atoms with E-state index < -0.39 is 12.1 Å². The summed E-state index contributed by atoms with van der Waals surface area (Å²) in [7, 11) is 0. The average molecular weight is 269 g/mol. The molecule has 0 saturated carbocycles. The number of anilines is 1. The molecule has 1 aromatic rings. The quantitative estimate of drug-likeness (QED) is 0.853. The van der Waals surface area contributed by atoms with Gasteiger partial charge in [-0.05, 0) is 38.1 Å². The summed E-state index contributed by atoms with van der Waals surface area (Å²) in [5.74, 6) is -1.89. The summed E-state index contributed by atoms with van der Waals surface area (Å²) in [6.45, 7) is 3.17. The van der Waals surface area contributed by atoms with Crippen LogP contribution in [0.25, 0.3) is 0 Å². The van der Waals surface area contributed by atoms with Crippen molar-refractivity contribution < 1.29 is 23.8 Å². The Balaban J connectivity index is 2.67. The first-order valence-electron chi connectivity index (χ1n) is 5.86. The minimum absolute atomic E-state index is 0.335. The zero-order valence-electron chi connectivity index (χ0n) is 10.8. The number of nitrogens with zero attached hydrogens (tertiary/aromatic N) is 1. The fraction of sp³-hybridized carbons (Fsp3) is 0.385. The van der Waals surface area contributed by atoms with Gasteiger partial charge in [0.2, 0.25) is 0 Å². The highest BCUT2D eigenvalue weighted by Crippen LogP contribution is 2.15. The van der Waals surface area contributed by atoms with Gasteiger partial charge < -0.3 is 14.7 Å².